The predicted molar refractivity (Wildman–Crippen MR) is 67.0 cm³/mol. The van der Waals surface area contributed by atoms with Crippen molar-refractivity contribution in [3.05, 3.63) is 32.9 Å². The number of nitrogens with zero attached hydrogens (tertiary/aromatic N) is 2. The molecule has 8 heteroatoms. The van der Waals surface area contributed by atoms with Crippen LogP contribution >= 0.6 is 11.8 Å². The fourth-order valence-electron chi connectivity index (χ4n) is 1.29. The topological polar surface area (TPSA) is 97.7 Å². The summed E-state index contributed by atoms with van der Waals surface area (Å²) in [7, 11) is 0. The van der Waals surface area contributed by atoms with Crippen molar-refractivity contribution in [2.24, 2.45) is 4.99 Å². The Hall–Kier alpha value is -2.09. The Morgan fingerprint density at radius 2 is 2.39 bits per heavy atom. The van der Waals surface area contributed by atoms with Crippen molar-refractivity contribution >= 4 is 34.8 Å². The number of nitro groups is 1. The first kappa shape index (κ1) is 12.4. The molecule has 1 aliphatic heterocycles. The quantitative estimate of drug-likeness (QED) is 0.511. The molecule has 1 fully saturated rings. The average molecular weight is 267 g/mol. The third-order valence-corrected chi connectivity index (χ3v) is 2.97. The lowest BCUT2D eigenvalue weighted by Crippen LogP contribution is -2.19. The van der Waals surface area contributed by atoms with Crippen LogP contribution in [0.15, 0.2) is 26.4 Å². The highest BCUT2D eigenvalue weighted by Gasteiger charge is 2.24. The van der Waals surface area contributed by atoms with E-state index in [1.807, 2.05) is 6.92 Å². The number of furan rings is 1. The van der Waals surface area contributed by atoms with E-state index in [0.29, 0.717) is 16.6 Å². The molecule has 0 unspecified atom stereocenters. The van der Waals surface area contributed by atoms with Crippen LogP contribution in [0.2, 0.25) is 0 Å². The highest BCUT2D eigenvalue weighted by Crippen LogP contribution is 2.27. The molecule has 1 aromatic heterocycles. The molecule has 0 radical (unpaired) electrons. The second-order valence-corrected chi connectivity index (χ2v) is 4.31. The zero-order chi connectivity index (χ0) is 13.1. The Morgan fingerprint density at radius 3 is 3.00 bits per heavy atom. The van der Waals surface area contributed by atoms with Gasteiger partial charge in [-0.2, -0.15) is 0 Å². The van der Waals surface area contributed by atoms with Gasteiger partial charge in [0.2, 0.25) is 0 Å². The smallest absolute Gasteiger partial charge is 0.401 e. The number of amidine groups is 1. The van der Waals surface area contributed by atoms with Crippen LogP contribution in [0.1, 0.15) is 12.7 Å². The monoisotopic (exact) mass is 267 g/mol. The number of amides is 1. The molecule has 0 bridgehead atoms. The van der Waals surface area contributed by atoms with Gasteiger partial charge in [0.25, 0.3) is 5.91 Å². The minimum Gasteiger partial charge on any atom is -0.401 e. The van der Waals surface area contributed by atoms with Gasteiger partial charge in [-0.3, -0.25) is 19.9 Å². The zero-order valence-corrected chi connectivity index (χ0v) is 10.2. The van der Waals surface area contributed by atoms with Gasteiger partial charge in [-0.15, -0.1) is 0 Å². The first-order valence-electron chi connectivity index (χ1n) is 5.09. The summed E-state index contributed by atoms with van der Waals surface area (Å²) in [5.41, 5.74) is 0. The van der Waals surface area contributed by atoms with Gasteiger partial charge in [-0.05, 0) is 24.8 Å². The zero-order valence-electron chi connectivity index (χ0n) is 9.37. The minimum atomic E-state index is -0.631. The largest absolute Gasteiger partial charge is 0.433 e. The van der Waals surface area contributed by atoms with Crippen LogP contribution in [0.4, 0.5) is 5.88 Å². The van der Waals surface area contributed by atoms with Crippen LogP contribution in [0, 0.1) is 10.1 Å². The lowest BCUT2D eigenvalue weighted by atomic mass is 10.4. The molecule has 18 heavy (non-hydrogen) atoms. The highest BCUT2D eigenvalue weighted by molar-refractivity contribution is 8.18. The fourth-order valence-corrected chi connectivity index (χ4v) is 2.16. The summed E-state index contributed by atoms with van der Waals surface area (Å²) in [5, 5.41) is 13.5. The van der Waals surface area contributed by atoms with Crippen molar-refractivity contribution in [2.75, 3.05) is 6.54 Å². The molecule has 94 valence electrons. The van der Waals surface area contributed by atoms with E-state index in [4.69, 9.17) is 4.42 Å². The van der Waals surface area contributed by atoms with Crippen LogP contribution in [-0.2, 0) is 4.79 Å². The molecule has 7 nitrogen and oxygen atoms in total. The Bertz CT molecular complexity index is 561. The van der Waals surface area contributed by atoms with Gasteiger partial charge >= 0.3 is 5.88 Å². The van der Waals surface area contributed by atoms with Crippen molar-refractivity contribution in [3.8, 4) is 0 Å². The summed E-state index contributed by atoms with van der Waals surface area (Å²) in [4.78, 5) is 25.8. The van der Waals surface area contributed by atoms with Crippen LogP contribution in [0.25, 0.3) is 6.08 Å². The maximum atomic E-state index is 11.5. The van der Waals surface area contributed by atoms with Gasteiger partial charge in [0, 0.05) is 12.6 Å². The molecule has 0 aromatic carbocycles. The number of carbonyl (C=O) groups is 1. The summed E-state index contributed by atoms with van der Waals surface area (Å²) in [6.45, 7) is 2.43. The third-order valence-electron chi connectivity index (χ3n) is 2.02. The Balaban J connectivity index is 2.20. The second-order valence-electron chi connectivity index (χ2n) is 3.28. The highest BCUT2D eigenvalue weighted by atomic mass is 32.2. The van der Waals surface area contributed by atoms with Crippen LogP contribution in [0.3, 0.4) is 0 Å². The molecule has 0 saturated carbocycles. The molecule has 1 amide bonds. The second kappa shape index (κ2) is 5.05. The van der Waals surface area contributed by atoms with Crippen molar-refractivity contribution in [2.45, 2.75) is 6.92 Å². The summed E-state index contributed by atoms with van der Waals surface area (Å²) < 4.78 is 4.94. The molecule has 0 atom stereocenters. The molecule has 2 heterocycles. The van der Waals surface area contributed by atoms with E-state index in [1.165, 1.54) is 30.0 Å². The van der Waals surface area contributed by atoms with E-state index in [1.54, 1.807) is 0 Å². The molecule has 1 saturated heterocycles. The van der Waals surface area contributed by atoms with E-state index in [2.05, 4.69) is 10.3 Å². The Labute approximate surface area is 106 Å². The van der Waals surface area contributed by atoms with Gasteiger partial charge in [0.15, 0.2) is 5.17 Å². The number of aliphatic imine (C=N–C) groups is 1. The van der Waals surface area contributed by atoms with Crippen LogP contribution < -0.4 is 5.32 Å². The number of nitrogens with one attached hydrogen (secondary N) is 1. The third kappa shape index (κ3) is 2.59. The first-order chi connectivity index (χ1) is 8.60. The standard InChI is InChI=1S/C10H9N3O4S/c1-2-11-10-12-9(14)7(18-10)5-6-3-4-8(17-6)13(15)16/h3-5H,2H2,1H3,(H,11,12,14)/b7-5-. The molecule has 2 rings (SSSR count). The summed E-state index contributed by atoms with van der Waals surface area (Å²) in [6, 6.07) is 2.68. The normalized spacial score (nSPS) is 19.5. The summed E-state index contributed by atoms with van der Waals surface area (Å²) >= 11 is 1.18. The van der Waals surface area contributed by atoms with Gasteiger partial charge in [0.1, 0.15) is 10.7 Å². The van der Waals surface area contributed by atoms with Gasteiger partial charge in [-0.1, -0.05) is 0 Å². The number of hydrogen-bond donors (Lipinski definition) is 1. The summed E-state index contributed by atoms with van der Waals surface area (Å²) in [6.07, 6.45) is 1.45. The maximum Gasteiger partial charge on any atom is 0.433 e. The van der Waals surface area contributed by atoms with E-state index in [-0.39, 0.29) is 17.6 Å². The van der Waals surface area contributed by atoms with Crippen molar-refractivity contribution in [1.29, 1.82) is 0 Å². The van der Waals surface area contributed by atoms with Crippen molar-refractivity contribution in [3.63, 3.8) is 0 Å². The maximum absolute atomic E-state index is 11.5. The molecule has 1 aromatic rings. The number of rotatable bonds is 3. The van der Waals surface area contributed by atoms with Gasteiger partial charge in [0.05, 0.1) is 11.0 Å². The van der Waals surface area contributed by atoms with E-state index < -0.39 is 4.92 Å². The molecule has 0 aliphatic carbocycles. The summed E-state index contributed by atoms with van der Waals surface area (Å²) in [5.74, 6) is -0.379. The lowest BCUT2D eigenvalue weighted by molar-refractivity contribution is -0.402. The molecule has 1 N–H and O–H groups in total. The first-order valence-corrected chi connectivity index (χ1v) is 5.91. The van der Waals surface area contributed by atoms with Crippen molar-refractivity contribution in [1.82, 2.24) is 5.32 Å². The van der Waals surface area contributed by atoms with Gasteiger partial charge < -0.3 is 9.73 Å². The molecular weight excluding hydrogens is 258 g/mol. The van der Waals surface area contributed by atoms with E-state index in [9.17, 15) is 14.9 Å². The van der Waals surface area contributed by atoms with Crippen molar-refractivity contribution < 1.29 is 14.1 Å². The average Bonchev–Trinajstić information content (AvgIpc) is 2.88. The van der Waals surface area contributed by atoms with E-state index in [0.717, 1.165) is 0 Å². The van der Waals surface area contributed by atoms with Gasteiger partial charge in [-0.25, -0.2) is 0 Å². The molecule has 0 spiro atoms. The van der Waals surface area contributed by atoms with Crippen LogP contribution in [0.5, 0.6) is 0 Å². The number of thioether (sulfide) groups is 1. The van der Waals surface area contributed by atoms with E-state index >= 15 is 0 Å². The Kier molecular flexibility index (Phi) is 3.47. The SMILES string of the molecule is CCN=C1NC(=O)/C(=C/c2ccc([N+](=O)[O-])o2)S1. The molecular formula is C10H9N3O4S. The minimum absolute atomic E-state index is 0.261. The fraction of sp³-hybridized carbons (Fsp3) is 0.200. The number of hydrogen-bond acceptors (Lipinski definition) is 6. The Morgan fingerprint density at radius 1 is 1.61 bits per heavy atom. The number of carbonyl (C=O) groups excluding carboxylic acids is 1. The van der Waals surface area contributed by atoms with Crippen LogP contribution in [-0.4, -0.2) is 22.5 Å². The molecule has 1 aliphatic rings. The lowest BCUT2D eigenvalue weighted by Gasteiger charge is -1.89. The predicted octanol–water partition coefficient (Wildman–Crippen LogP) is 1.77.